The number of benzene rings is 3. The van der Waals surface area contributed by atoms with Crippen LogP contribution < -0.4 is 0 Å². The van der Waals surface area contributed by atoms with Crippen molar-refractivity contribution < 1.29 is 17.9 Å². The molecule has 4 aromatic rings. The van der Waals surface area contributed by atoms with E-state index in [0.29, 0.717) is 16.1 Å². The standard InChI is InChI=1S/C25H22ClNO4S/c1-3-23(20-11-7-9-16-8-5-6-10-19(16)20)32(29,30)25(31-24(28)4-2)22-15-17-14-18(26)12-13-21(17)27-22/h3,5-15,23,25,27H,1,4H2,2H3. The van der Waals surface area contributed by atoms with Crippen molar-refractivity contribution in [3.63, 3.8) is 0 Å². The molecule has 0 bridgehead atoms. The predicted molar refractivity (Wildman–Crippen MR) is 128 cm³/mol. The van der Waals surface area contributed by atoms with E-state index in [9.17, 15) is 13.2 Å². The van der Waals surface area contributed by atoms with Gasteiger partial charge in [0, 0.05) is 22.3 Å². The lowest BCUT2D eigenvalue weighted by Crippen LogP contribution is -2.25. The highest BCUT2D eigenvalue weighted by atomic mass is 35.5. The van der Waals surface area contributed by atoms with Crippen LogP contribution in [0.2, 0.25) is 5.02 Å². The zero-order chi connectivity index (χ0) is 22.9. The first-order valence-electron chi connectivity index (χ1n) is 10.2. The SMILES string of the molecule is C=CC(c1cccc2ccccc12)S(=O)(=O)C(OC(=O)CC)c1cc2cc(Cl)ccc2[nH]1. The van der Waals surface area contributed by atoms with Crippen LogP contribution in [0.3, 0.4) is 0 Å². The summed E-state index contributed by atoms with van der Waals surface area (Å²) in [7, 11) is -4.10. The molecule has 0 spiro atoms. The van der Waals surface area contributed by atoms with Crippen molar-refractivity contribution in [2.75, 3.05) is 0 Å². The Morgan fingerprint density at radius 2 is 1.84 bits per heavy atom. The molecular formula is C25H22ClNO4S. The third-order valence-electron chi connectivity index (χ3n) is 5.38. The number of sulfone groups is 1. The molecular weight excluding hydrogens is 446 g/mol. The highest BCUT2D eigenvalue weighted by Crippen LogP contribution is 2.39. The molecule has 0 aliphatic rings. The number of H-pyrrole nitrogens is 1. The number of rotatable bonds is 7. The van der Waals surface area contributed by atoms with E-state index in [2.05, 4.69) is 11.6 Å². The number of fused-ring (bicyclic) bond motifs is 2. The van der Waals surface area contributed by atoms with Crippen molar-refractivity contribution in [3.05, 3.63) is 95.7 Å². The molecule has 0 saturated carbocycles. The monoisotopic (exact) mass is 467 g/mol. The number of carbonyl (C=O) groups excluding carboxylic acids is 1. The molecule has 32 heavy (non-hydrogen) atoms. The minimum absolute atomic E-state index is 0.0467. The van der Waals surface area contributed by atoms with E-state index in [1.54, 1.807) is 37.3 Å². The Hall–Kier alpha value is -3.09. The van der Waals surface area contributed by atoms with Gasteiger partial charge in [0.25, 0.3) is 0 Å². The molecule has 0 amide bonds. The first-order chi connectivity index (χ1) is 15.3. The summed E-state index contributed by atoms with van der Waals surface area (Å²) in [4.78, 5) is 15.3. The fourth-order valence-electron chi connectivity index (χ4n) is 3.83. The summed E-state index contributed by atoms with van der Waals surface area (Å²) >= 11 is 6.08. The Balaban J connectivity index is 1.87. The van der Waals surface area contributed by atoms with Crippen LogP contribution in [0.15, 0.2) is 79.4 Å². The van der Waals surface area contributed by atoms with Gasteiger partial charge in [-0.05, 0) is 40.6 Å². The summed E-state index contributed by atoms with van der Waals surface area (Å²) in [6.07, 6.45) is 1.43. The fourth-order valence-corrected chi connectivity index (χ4v) is 5.83. The average Bonchev–Trinajstić information content (AvgIpc) is 3.20. The Kier molecular flexibility index (Phi) is 6.09. The van der Waals surface area contributed by atoms with Crippen LogP contribution >= 0.6 is 11.6 Å². The van der Waals surface area contributed by atoms with Crippen molar-refractivity contribution in [1.82, 2.24) is 4.98 Å². The van der Waals surface area contributed by atoms with Gasteiger partial charge in [0.1, 0.15) is 5.25 Å². The number of aromatic nitrogens is 1. The van der Waals surface area contributed by atoms with E-state index in [1.165, 1.54) is 6.08 Å². The topological polar surface area (TPSA) is 76.2 Å². The lowest BCUT2D eigenvalue weighted by Gasteiger charge is -2.23. The van der Waals surface area contributed by atoms with E-state index in [1.807, 2.05) is 36.4 Å². The molecule has 0 fully saturated rings. The van der Waals surface area contributed by atoms with E-state index in [-0.39, 0.29) is 12.1 Å². The van der Waals surface area contributed by atoms with Gasteiger partial charge in [0.05, 0.1) is 5.69 Å². The second-order valence-electron chi connectivity index (χ2n) is 7.45. The van der Waals surface area contributed by atoms with Crippen molar-refractivity contribution in [2.45, 2.75) is 24.0 Å². The molecule has 1 N–H and O–H groups in total. The molecule has 164 valence electrons. The van der Waals surface area contributed by atoms with Crippen molar-refractivity contribution in [3.8, 4) is 0 Å². The molecule has 5 nitrogen and oxygen atoms in total. The van der Waals surface area contributed by atoms with Crippen molar-refractivity contribution >= 4 is 49.1 Å². The van der Waals surface area contributed by atoms with E-state index in [4.69, 9.17) is 16.3 Å². The predicted octanol–water partition coefficient (Wildman–Crippen LogP) is 6.27. The van der Waals surface area contributed by atoms with Crippen LogP contribution in [-0.2, 0) is 19.4 Å². The number of ether oxygens (including phenoxy) is 1. The van der Waals surface area contributed by atoms with Crippen LogP contribution in [0.25, 0.3) is 21.7 Å². The Morgan fingerprint density at radius 3 is 2.59 bits per heavy atom. The number of esters is 1. The number of aromatic amines is 1. The highest BCUT2D eigenvalue weighted by Gasteiger charge is 2.39. The van der Waals surface area contributed by atoms with Crippen LogP contribution in [0.4, 0.5) is 0 Å². The number of halogens is 1. The van der Waals surface area contributed by atoms with Gasteiger partial charge in [-0.15, -0.1) is 6.58 Å². The normalized spacial score (nSPS) is 13.7. The van der Waals surface area contributed by atoms with Gasteiger partial charge >= 0.3 is 5.97 Å². The zero-order valence-corrected chi connectivity index (χ0v) is 19.0. The van der Waals surface area contributed by atoms with Crippen LogP contribution in [0.1, 0.15) is 35.3 Å². The number of nitrogens with one attached hydrogen (secondary N) is 1. The smallest absolute Gasteiger partial charge is 0.307 e. The maximum atomic E-state index is 13.9. The lowest BCUT2D eigenvalue weighted by molar-refractivity contribution is -0.145. The van der Waals surface area contributed by atoms with Gasteiger partial charge in [-0.1, -0.05) is 67.1 Å². The second-order valence-corrected chi connectivity index (χ2v) is 10.00. The minimum Gasteiger partial charge on any atom is -0.439 e. The zero-order valence-electron chi connectivity index (χ0n) is 17.4. The Morgan fingerprint density at radius 1 is 1.09 bits per heavy atom. The molecule has 1 heterocycles. The molecule has 0 aliphatic carbocycles. The summed E-state index contributed by atoms with van der Waals surface area (Å²) in [6, 6.07) is 19.8. The second kappa shape index (κ2) is 8.81. The van der Waals surface area contributed by atoms with Gasteiger partial charge in [-0.2, -0.15) is 0 Å². The highest BCUT2D eigenvalue weighted by molar-refractivity contribution is 7.91. The van der Waals surface area contributed by atoms with Crippen LogP contribution in [0.5, 0.6) is 0 Å². The lowest BCUT2D eigenvalue weighted by atomic mass is 10.0. The Bertz CT molecular complexity index is 1420. The van der Waals surface area contributed by atoms with Gasteiger partial charge in [-0.3, -0.25) is 4.79 Å². The maximum Gasteiger partial charge on any atom is 0.307 e. The largest absolute Gasteiger partial charge is 0.439 e. The molecule has 2 atom stereocenters. The van der Waals surface area contributed by atoms with Crippen LogP contribution in [0, 0.1) is 0 Å². The number of hydrogen-bond acceptors (Lipinski definition) is 4. The third kappa shape index (κ3) is 4.04. The number of hydrogen-bond donors (Lipinski definition) is 1. The minimum atomic E-state index is -4.10. The summed E-state index contributed by atoms with van der Waals surface area (Å²) in [6.45, 7) is 5.41. The Labute approximate surface area is 191 Å². The van der Waals surface area contributed by atoms with E-state index >= 15 is 0 Å². The first-order valence-corrected chi connectivity index (χ1v) is 12.1. The van der Waals surface area contributed by atoms with Crippen LogP contribution in [-0.4, -0.2) is 19.4 Å². The number of carbonyl (C=O) groups is 1. The first kappa shape index (κ1) is 22.1. The quantitative estimate of drug-likeness (QED) is 0.257. The third-order valence-corrected chi connectivity index (χ3v) is 7.72. The summed E-state index contributed by atoms with van der Waals surface area (Å²) in [5, 5.41) is 1.87. The van der Waals surface area contributed by atoms with E-state index in [0.717, 1.165) is 16.2 Å². The molecule has 0 aliphatic heterocycles. The fraction of sp³-hybridized carbons (Fsp3) is 0.160. The van der Waals surface area contributed by atoms with Crippen molar-refractivity contribution in [1.29, 1.82) is 0 Å². The molecule has 1 aromatic heterocycles. The summed E-state index contributed by atoms with van der Waals surface area (Å²) in [5.74, 6) is -0.615. The summed E-state index contributed by atoms with van der Waals surface area (Å²) in [5.41, 5.74) is 0.00603. The summed E-state index contributed by atoms with van der Waals surface area (Å²) < 4.78 is 33.3. The van der Waals surface area contributed by atoms with Crippen molar-refractivity contribution in [2.24, 2.45) is 0 Å². The van der Waals surface area contributed by atoms with Gasteiger partial charge in [-0.25, -0.2) is 8.42 Å². The van der Waals surface area contributed by atoms with Gasteiger partial charge < -0.3 is 9.72 Å². The molecule has 2 unspecified atom stereocenters. The average molecular weight is 468 g/mol. The molecule has 0 radical (unpaired) electrons. The molecule has 0 saturated heterocycles. The molecule has 4 rings (SSSR count). The van der Waals surface area contributed by atoms with Gasteiger partial charge in [0.15, 0.2) is 0 Å². The maximum absolute atomic E-state index is 13.9. The molecule has 3 aromatic carbocycles. The van der Waals surface area contributed by atoms with Gasteiger partial charge in [0.2, 0.25) is 15.3 Å². The van der Waals surface area contributed by atoms with E-state index < -0.39 is 26.5 Å². The molecule has 7 heteroatoms.